The maximum absolute atomic E-state index is 13.2. The SMILES string of the molecule is CC(=O)C[C@@H](C=O)NC(=O)CN1C(=O)[C@@H](NC(=O)c2cc(Cl)c(O)c(Cl)c2)CCCN1S(C)(=O)=O. The molecule has 1 heterocycles. The summed E-state index contributed by atoms with van der Waals surface area (Å²) in [4.78, 5) is 60.9. The Morgan fingerprint density at radius 1 is 1.26 bits per heavy atom. The Kier molecular flexibility index (Phi) is 9.60. The molecule has 1 aromatic carbocycles. The number of amides is 3. The van der Waals surface area contributed by atoms with Crippen LogP contribution in [0.2, 0.25) is 10.0 Å². The lowest BCUT2D eigenvalue weighted by Gasteiger charge is -2.32. The molecule has 0 radical (unpaired) electrons. The van der Waals surface area contributed by atoms with Crippen molar-refractivity contribution in [3.05, 3.63) is 27.7 Å². The number of sulfonamides is 1. The van der Waals surface area contributed by atoms with Crippen molar-refractivity contribution < 1.29 is 37.5 Å². The minimum Gasteiger partial charge on any atom is -0.505 e. The summed E-state index contributed by atoms with van der Waals surface area (Å²) in [5.74, 6) is -3.32. The zero-order chi connectivity index (χ0) is 26.5. The molecule has 1 fully saturated rings. The van der Waals surface area contributed by atoms with Gasteiger partial charge in [0, 0.05) is 18.5 Å². The molecule has 0 bridgehead atoms. The number of rotatable bonds is 9. The van der Waals surface area contributed by atoms with Crippen LogP contribution in [-0.4, -0.2) is 84.2 Å². The summed E-state index contributed by atoms with van der Waals surface area (Å²) in [6, 6.07) is -0.0789. The Morgan fingerprint density at radius 3 is 2.37 bits per heavy atom. The molecule has 0 aliphatic carbocycles. The number of benzene rings is 1. The highest BCUT2D eigenvalue weighted by atomic mass is 35.5. The van der Waals surface area contributed by atoms with E-state index in [-0.39, 0.29) is 47.2 Å². The predicted molar refractivity (Wildman–Crippen MR) is 125 cm³/mol. The van der Waals surface area contributed by atoms with Crippen LogP contribution in [0.25, 0.3) is 0 Å². The molecule has 0 spiro atoms. The lowest BCUT2D eigenvalue weighted by atomic mass is 10.1. The number of hydrogen-bond donors (Lipinski definition) is 3. The van der Waals surface area contributed by atoms with E-state index in [1.807, 2.05) is 0 Å². The fourth-order valence-corrected chi connectivity index (χ4v) is 4.81. The first-order valence-corrected chi connectivity index (χ1v) is 12.9. The van der Waals surface area contributed by atoms with Crippen LogP contribution < -0.4 is 10.6 Å². The summed E-state index contributed by atoms with van der Waals surface area (Å²) < 4.78 is 25.4. The Labute approximate surface area is 211 Å². The van der Waals surface area contributed by atoms with Crippen molar-refractivity contribution in [3.8, 4) is 5.75 Å². The van der Waals surface area contributed by atoms with E-state index in [9.17, 15) is 37.5 Å². The van der Waals surface area contributed by atoms with Gasteiger partial charge in [0.15, 0.2) is 5.75 Å². The summed E-state index contributed by atoms with van der Waals surface area (Å²) in [6.45, 7) is 0.303. The average molecular weight is 551 g/mol. The van der Waals surface area contributed by atoms with Gasteiger partial charge in [-0.2, -0.15) is 0 Å². The highest BCUT2D eigenvalue weighted by molar-refractivity contribution is 7.88. The van der Waals surface area contributed by atoms with E-state index in [1.54, 1.807) is 0 Å². The van der Waals surface area contributed by atoms with Crippen molar-refractivity contribution in [2.75, 3.05) is 19.3 Å². The van der Waals surface area contributed by atoms with Gasteiger partial charge in [-0.15, -0.1) is 4.41 Å². The lowest BCUT2D eigenvalue weighted by molar-refractivity contribution is -0.146. The van der Waals surface area contributed by atoms with Gasteiger partial charge >= 0.3 is 0 Å². The van der Waals surface area contributed by atoms with E-state index in [2.05, 4.69) is 10.6 Å². The average Bonchev–Trinajstić information content (AvgIpc) is 2.90. The topological polar surface area (TPSA) is 170 Å². The zero-order valence-corrected chi connectivity index (χ0v) is 21.1. The molecule has 2 rings (SSSR count). The summed E-state index contributed by atoms with van der Waals surface area (Å²) in [6.07, 6.45) is 1.16. The highest BCUT2D eigenvalue weighted by Gasteiger charge is 2.38. The lowest BCUT2D eigenvalue weighted by Crippen LogP contribution is -2.57. The van der Waals surface area contributed by atoms with E-state index in [0.29, 0.717) is 11.3 Å². The molecule has 1 aliphatic rings. The highest BCUT2D eigenvalue weighted by Crippen LogP contribution is 2.32. The van der Waals surface area contributed by atoms with Crippen molar-refractivity contribution >= 4 is 63.0 Å². The number of hydrogen-bond acceptors (Lipinski definition) is 8. The van der Waals surface area contributed by atoms with Gasteiger partial charge in [0.25, 0.3) is 11.8 Å². The van der Waals surface area contributed by atoms with Gasteiger partial charge in [0.1, 0.15) is 24.7 Å². The molecule has 3 N–H and O–H groups in total. The molecule has 0 aromatic heterocycles. The Bertz CT molecular complexity index is 1120. The fraction of sp³-hybridized carbons (Fsp3) is 0.450. The van der Waals surface area contributed by atoms with Crippen molar-refractivity contribution in [3.63, 3.8) is 0 Å². The molecule has 35 heavy (non-hydrogen) atoms. The number of aromatic hydroxyl groups is 1. The molecular weight excluding hydrogens is 527 g/mol. The van der Waals surface area contributed by atoms with Crippen LogP contribution in [0.1, 0.15) is 36.5 Å². The molecule has 15 heteroatoms. The molecule has 1 aliphatic heterocycles. The molecule has 192 valence electrons. The van der Waals surface area contributed by atoms with Crippen molar-refractivity contribution in [2.24, 2.45) is 0 Å². The normalized spacial score (nSPS) is 17.9. The molecule has 1 saturated heterocycles. The minimum atomic E-state index is -3.99. The molecular formula is C20H24Cl2N4O8S. The van der Waals surface area contributed by atoms with E-state index in [0.717, 1.165) is 22.8 Å². The number of carbonyl (C=O) groups excluding carboxylic acids is 5. The monoisotopic (exact) mass is 550 g/mol. The summed E-state index contributed by atoms with van der Waals surface area (Å²) in [7, 11) is -3.99. The summed E-state index contributed by atoms with van der Waals surface area (Å²) in [5.41, 5.74) is -0.0582. The maximum Gasteiger partial charge on any atom is 0.260 e. The third-order valence-electron chi connectivity index (χ3n) is 4.94. The van der Waals surface area contributed by atoms with E-state index < -0.39 is 52.1 Å². The van der Waals surface area contributed by atoms with Crippen LogP contribution in [0.3, 0.4) is 0 Å². The number of nitrogens with one attached hydrogen (secondary N) is 2. The van der Waals surface area contributed by atoms with Crippen LogP contribution in [-0.2, 0) is 29.2 Å². The number of phenolic OH excluding ortho intramolecular Hbond substituents is 1. The van der Waals surface area contributed by atoms with Gasteiger partial charge in [0.05, 0.1) is 22.3 Å². The van der Waals surface area contributed by atoms with Crippen LogP contribution in [0.5, 0.6) is 5.75 Å². The first kappa shape index (κ1) is 28.5. The standard InChI is InChI=1S/C20H24Cl2N4O8S/c1-11(28)6-13(10-27)23-17(29)9-25-20(32)16(4-3-5-26(25)35(2,33)34)24-19(31)12-7-14(21)18(30)15(22)8-12/h7-8,10,13,16,30H,3-6,9H2,1-2H3,(H,23,29)(H,24,31)/t13-,16-/m0/s1. The summed E-state index contributed by atoms with van der Waals surface area (Å²) in [5, 5.41) is 14.7. The van der Waals surface area contributed by atoms with E-state index >= 15 is 0 Å². The number of carbonyl (C=O) groups is 5. The van der Waals surface area contributed by atoms with E-state index in [4.69, 9.17) is 23.2 Å². The minimum absolute atomic E-state index is 0.0512. The number of Topliss-reactive ketones (excluding diaryl/α,β-unsaturated/α-hetero) is 1. The molecule has 3 amide bonds. The van der Waals surface area contributed by atoms with Crippen LogP contribution in [0, 0.1) is 0 Å². The van der Waals surface area contributed by atoms with Crippen molar-refractivity contribution in [1.82, 2.24) is 20.1 Å². The zero-order valence-electron chi connectivity index (χ0n) is 18.8. The molecule has 1 aromatic rings. The number of aldehydes is 1. The number of phenols is 1. The quantitative estimate of drug-likeness (QED) is 0.367. The number of hydrazine groups is 1. The Hall–Kier alpha value is -2.74. The fourth-order valence-electron chi connectivity index (χ4n) is 3.37. The second kappa shape index (κ2) is 11.8. The third kappa shape index (κ3) is 7.62. The van der Waals surface area contributed by atoms with Crippen molar-refractivity contribution in [2.45, 2.75) is 38.3 Å². The number of halogens is 2. The summed E-state index contributed by atoms with van der Waals surface area (Å²) >= 11 is 11.7. The number of ketones is 1. The molecule has 2 atom stereocenters. The first-order valence-electron chi connectivity index (χ1n) is 10.3. The Morgan fingerprint density at radius 2 is 1.86 bits per heavy atom. The molecule has 0 saturated carbocycles. The van der Waals surface area contributed by atoms with Crippen LogP contribution in [0.4, 0.5) is 0 Å². The second-order valence-electron chi connectivity index (χ2n) is 7.88. The van der Waals surface area contributed by atoms with Gasteiger partial charge < -0.3 is 20.5 Å². The van der Waals surface area contributed by atoms with Gasteiger partial charge in [-0.25, -0.2) is 8.42 Å². The second-order valence-corrected chi connectivity index (χ2v) is 10.6. The van der Waals surface area contributed by atoms with Crippen molar-refractivity contribution in [1.29, 1.82) is 0 Å². The van der Waals surface area contributed by atoms with Gasteiger partial charge in [-0.05, 0) is 31.9 Å². The van der Waals surface area contributed by atoms with Gasteiger partial charge in [0.2, 0.25) is 15.9 Å². The predicted octanol–water partition coefficient (Wildman–Crippen LogP) is 0.259. The first-order chi connectivity index (χ1) is 16.2. The maximum atomic E-state index is 13.2. The smallest absolute Gasteiger partial charge is 0.260 e. The van der Waals surface area contributed by atoms with Gasteiger partial charge in [-0.1, -0.05) is 23.2 Å². The number of nitrogens with zero attached hydrogens (tertiary/aromatic N) is 2. The van der Waals surface area contributed by atoms with E-state index in [1.165, 1.54) is 6.92 Å². The van der Waals surface area contributed by atoms with Gasteiger partial charge in [-0.3, -0.25) is 24.2 Å². The molecule has 12 nitrogen and oxygen atoms in total. The van der Waals surface area contributed by atoms with Crippen LogP contribution in [0.15, 0.2) is 12.1 Å². The molecule has 0 unspecified atom stereocenters. The van der Waals surface area contributed by atoms with Crippen LogP contribution >= 0.6 is 23.2 Å². The largest absolute Gasteiger partial charge is 0.505 e. The Balaban J connectivity index is 2.27. The third-order valence-corrected chi connectivity index (χ3v) is 6.66.